The molecular formula is C23H30N7O3+. The van der Waals surface area contributed by atoms with Crippen LogP contribution in [0.1, 0.15) is 38.1 Å². The highest BCUT2D eigenvalue weighted by Crippen LogP contribution is 2.35. The van der Waals surface area contributed by atoms with Crippen LogP contribution < -0.4 is 10.1 Å². The Hall–Kier alpha value is -2.82. The fraction of sp³-hybridized carbons (Fsp3) is 0.565. The van der Waals surface area contributed by atoms with Gasteiger partial charge in [-0.2, -0.15) is 4.68 Å². The van der Waals surface area contributed by atoms with Gasteiger partial charge in [-0.25, -0.2) is 4.98 Å². The molecule has 6 rings (SSSR count). The van der Waals surface area contributed by atoms with Crippen LogP contribution in [0.25, 0.3) is 5.69 Å². The van der Waals surface area contributed by atoms with Crippen LogP contribution in [0.2, 0.25) is 0 Å². The number of ether oxygens (including phenoxy) is 3. The highest BCUT2D eigenvalue weighted by Gasteiger charge is 2.51. The Kier molecular flexibility index (Phi) is 5.79. The molecule has 2 aromatic heterocycles. The number of fused-ring (bicyclic) bond motifs is 1. The van der Waals surface area contributed by atoms with Gasteiger partial charge in [0.15, 0.2) is 0 Å². The molecule has 10 nitrogen and oxygen atoms in total. The van der Waals surface area contributed by atoms with E-state index in [-0.39, 0.29) is 18.2 Å². The number of hydrogen-bond acceptors (Lipinski definition) is 7. The normalized spacial score (nSPS) is 27.6. The van der Waals surface area contributed by atoms with E-state index in [1.165, 1.54) is 38.6 Å². The summed E-state index contributed by atoms with van der Waals surface area (Å²) in [5.74, 6) is 1.49. The number of nitrogens with zero attached hydrogens (tertiary/aromatic N) is 6. The van der Waals surface area contributed by atoms with Crippen molar-refractivity contribution in [3.05, 3.63) is 43.0 Å². The van der Waals surface area contributed by atoms with E-state index in [0.29, 0.717) is 31.0 Å². The van der Waals surface area contributed by atoms with Gasteiger partial charge in [0, 0.05) is 24.0 Å². The Morgan fingerprint density at radius 3 is 2.70 bits per heavy atom. The van der Waals surface area contributed by atoms with Crippen molar-refractivity contribution in [2.45, 2.75) is 56.4 Å². The lowest BCUT2D eigenvalue weighted by Crippen LogP contribution is -2.93. The average Bonchev–Trinajstić information content (AvgIpc) is 3.64. The van der Waals surface area contributed by atoms with Crippen molar-refractivity contribution in [3.63, 3.8) is 0 Å². The minimum atomic E-state index is -0.0988. The second-order valence-corrected chi connectivity index (χ2v) is 9.27. The van der Waals surface area contributed by atoms with Crippen LogP contribution in [0.5, 0.6) is 11.8 Å². The molecule has 0 radical (unpaired) electrons. The molecule has 174 valence electrons. The number of aromatic nitrogens is 6. The van der Waals surface area contributed by atoms with Crippen LogP contribution in [0.4, 0.5) is 0 Å². The molecule has 33 heavy (non-hydrogen) atoms. The number of benzene rings is 1. The van der Waals surface area contributed by atoms with Crippen LogP contribution in [0.3, 0.4) is 0 Å². The summed E-state index contributed by atoms with van der Waals surface area (Å²) in [5, 5.41) is 14.6. The zero-order chi connectivity index (χ0) is 22.0. The maximum atomic E-state index is 6.19. The standard InChI is InChI=1S/C23H29N7O3/c1-2-4-16(5-3-1)12-25-19-13-31-22-20(14-32-21(19)22)30-23(26-27-28-30)33-18-8-6-17(7-9-18)29-11-10-24-15-29/h6-11,15-16,19-22,25H,1-5,12-14H2/p+1/t19-,20-,21+,22+/m0/s1. The van der Waals surface area contributed by atoms with Gasteiger partial charge < -0.3 is 24.1 Å². The zero-order valence-corrected chi connectivity index (χ0v) is 18.6. The van der Waals surface area contributed by atoms with E-state index in [1.807, 2.05) is 35.0 Å². The summed E-state index contributed by atoms with van der Waals surface area (Å²) in [6, 6.07) is 8.30. The Morgan fingerprint density at radius 1 is 1.03 bits per heavy atom. The number of rotatable bonds is 7. The molecule has 1 saturated carbocycles. The summed E-state index contributed by atoms with van der Waals surface area (Å²) in [5.41, 5.74) is 1.00. The molecule has 0 amide bonds. The Morgan fingerprint density at radius 2 is 1.88 bits per heavy atom. The number of quaternary nitrogens is 1. The summed E-state index contributed by atoms with van der Waals surface area (Å²) in [6.07, 6.45) is 12.3. The smallest absolute Gasteiger partial charge is 0.341 e. The molecule has 2 aliphatic heterocycles. The predicted octanol–water partition coefficient (Wildman–Crippen LogP) is 1.50. The minimum absolute atomic E-state index is 0.0603. The maximum Gasteiger partial charge on any atom is 0.341 e. The monoisotopic (exact) mass is 452 g/mol. The molecule has 10 heteroatoms. The second kappa shape index (κ2) is 9.20. The van der Waals surface area contributed by atoms with Crippen molar-refractivity contribution in [3.8, 4) is 17.4 Å². The molecule has 0 spiro atoms. The zero-order valence-electron chi connectivity index (χ0n) is 18.6. The first-order valence-electron chi connectivity index (χ1n) is 12.0. The highest BCUT2D eigenvalue weighted by molar-refractivity contribution is 5.38. The molecule has 1 aliphatic carbocycles. The summed E-state index contributed by atoms with van der Waals surface area (Å²) in [7, 11) is 0. The first-order valence-corrected chi connectivity index (χ1v) is 12.0. The fourth-order valence-electron chi connectivity index (χ4n) is 5.37. The molecule has 1 aromatic carbocycles. The summed E-state index contributed by atoms with van der Waals surface area (Å²) in [6.45, 7) is 2.39. The van der Waals surface area contributed by atoms with Crippen LogP contribution in [-0.2, 0) is 9.47 Å². The molecule has 2 N–H and O–H groups in total. The maximum absolute atomic E-state index is 6.19. The third kappa shape index (κ3) is 4.25. The van der Waals surface area contributed by atoms with Crippen molar-refractivity contribution >= 4 is 0 Å². The van der Waals surface area contributed by atoms with Gasteiger partial charge in [-0.3, -0.25) is 0 Å². The lowest BCUT2D eigenvalue weighted by atomic mass is 9.89. The van der Waals surface area contributed by atoms with E-state index in [2.05, 4.69) is 25.8 Å². The predicted molar refractivity (Wildman–Crippen MR) is 117 cm³/mol. The summed E-state index contributed by atoms with van der Waals surface area (Å²) in [4.78, 5) is 4.08. The van der Waals surface area contributed by atoms with Gasteiger partial charge in [0.25, 0.3) is 0 Å². The SMILES string of the molecule is c1cn(-c2ccc(Oc3nnnn3[C@H]3CO[C@H]4[C@@H]3OC[C@@H]4[NH2+]CC3CCCCC3)cc2)cn1. The largest absolute Gasteiger partial charge is 0.423 e. The van der Waals surface area contributed by atoms with Crippen LogP contribution in [0, 0.1) is 5.92 Å². The van der Waals surface area contributed by atoms with E-state index in [9.17, 15) is 0 Å². The number of tetrazole rings is 1. The van der Waals surface area contributed by atoms with E-state index in [4.69, 9.17) is 14.2 Å². The Labute approximate surface area is 192 Å². The van der Waals surface area contributed by atoms with E-state index in [0.717, 1.165) is 11.6 Å². The fourth-order valence-corrected chi connectivity index (χ4v) is 5.37. The number of imidazole rings is 1. The summed E-state index contributed by atoms with van der Waals surface area (Å²) < 4.78 is 22.0. The van der Waals surface area contributed by atoms with Crippen LogP contribution in [0.15, 0.2) is 43.0 Å². The minimum Gasteiger partial charge on any atom is -0.423 e. The van der Waals surface area contributed by atoms with Gasteiger partial charge in [0.05, 0.1) is 19.5 Å². The van der Waals surface area contributed by atoms with E-state index >= 15 is 0 Å². The van der Waals surface area contributed by atoms with Crippen LogP contribution in [-0.4, -0.2) is 67.8 Å². The first-order chi connectivity index (χ1) is 16.3. The molecule has 0 unspecified atom stereocenters. The molecule has 0 bridgehead atoms. The topological polar surface area (TPSA) is 106 Å². The first kappa shape index (κ1) is 20.8. The molecule has 3 aliphatic rings. The van der Waals surface area contributed by atoms with Crippen molar-refractivity contribution in [1.82, 2.24) is 29.8 Å². The van der Waals surface area contributed by atoms with Crippen molar-refractivity contribution in [1.29, 1.82) is 0 Å². The van der Waals surface area contributed by atoms with E-state index in [1.54, 1.807) is 17.2 Å². The lowest BCUT2D eigenvalue weighted by Gasteiger charge is -2.22. The summed E-state index contributed by atoms with van der Waals surface area (Å²) >= 11 is 0. The van der Waals surface area contributed by atoms with Gasteiger partial charge in [0.1, 0.15) is 36.6 Å². The lowest BCUT2D eigenvalue weighted by molar-refractivity contribution is -0.698. The third-order valence-corrected chi connectivity index (χ3v) is 7.19. The number of nitrogens with two attached hydrogens (primary N) is 1. The van der Waals surface area contributed by atoms with Gasteiger partial charge in [-0.05, 0) is 47.5 Å². The molecule has 4 atom stereocenters. The average molecular weight is 453 g/mol. The molecule has 3 fully saturated rings. The molecule has 2 saturated heterocycles. The van der Waals surface area contributed by atoms with E-state index < -0.39 is 0 Å². The number of hydrogen-bond donors (Lipinski definition) is 1. The van der Waals surface area contributed by atoms with Gasteiger partial charge >= 0.3 is 6.01 Å². The van der Waals surface area contributed by atoms with Crippen LogP contribution >= 0.6 is 0 Å². The van der Waals surface area contributed by atoms with Crippen molar-refractivity contribution < 1.29 is 19.5 Å². The highest BCUT2D eigenvalue weighted by atomic mass is 16.6. The van der Waals surface area contributed by atoms with Gasteiger partial charge in [-0.1, -0.05) is 24.4 Å². The van der Waals surface area contributed by atoms with Crippen molar-refractivity contribution in [2.75, 3.05) is 19.8 Å². The van der Waals surface area contributed by atoms with Gasteiger partial charge in [-0.15, -0.1) is 0 Å². The quantitative estimate of drug-likeness (QED) is 0.579. The second-order valence-electron chi connectivity index (χ2n) is 9.27. The van der Waals surface area contributed by atoms with Gasteiger partial charge in [0.2, 0.25) is 0 Å². The molecule has 4 heterocycles. The third-order valence-electron chi connectivity index (χ3n) is 7.19. The molecular weight excluding hydrogens is 422 g/mol. The van der Waals surface area contributed by atoms with Crippen molar-refractivity contribution in [2.24, 2.45) is 5.92 Å². The Bertz CT molecular complexity index is 1030. The Balaban J connectivity index is 1.10. The molecule has 3 aromatic rings.